The van der Waals surface area contributed by atoms with Gasteiger partial charge in [-0.1, -0.05) is 0 Å². The average Bonchev–Trinajstić information content (AvgIpc) is 1.99. The number of rotatable bonds is 2. The maximum absolute atomic E-state index is 13.1. The van der Waals surface area contributed by atoms with Gasteiger partial charge in [0.25, 0.3) is 0 Å². The fraction of sp³-hybridized carbons (Fsp3) is 0.400. The highest BCUT2D eigenvalue weighted by Crippen LogP contribution is 2.21. The van der Waals surface area contributed by atoms with Gasteiger partial charge in [-0.05, 0) is 31.0 Å². The topological polar surface area (TPSA) is 40.5 Å². The zero-order valence-corrected chi connectivity index (χ0v) is 7.71. The lowest BCUT2D eigenvalue weighted by Gasteiger charge is -2.07. The Morgan fingerprint density at radius 2 is 2.08 bits per heavy atom. The van der Waals surface area contributed by atoms with Gasteiger partial charge in [0.15, 0.2) is 0 Å². The van der Waals surface area contributed by atoms with Gasteiger partial charge in [0.1, 0.15) is 11.6 Å². The molecule has 0 amide bonds. The van der Waals surface area contributed by atoms with E-state index in [0.29, 0.717) is 11.1 Å². The van der Waals surface area contributed by atoms with Crippen LogP contribution in [0.2, 0.25) is 0 Å². The fourth-order valence-corrected chi connectivity index (χ4v) is 1.21. The third-order valence-corrected chi connectivity index (χ3v) is 1.88. The summed E-state index contributed by atoms with van der Waals surface area (Å²) in [6, 6.07) is 2.63. The van der Waals surface area contributed by atoms with E-state index in [9.17, 15) is 4.39 Å². The van der Waals surface area contributed by atoms with Crippen LogP contribution in [0, 0.1) is 12.7 Å². The highest BCUT2D eigenvalue weighted by molar-refractivity contribution is 5.36. The van der Waals surface area contributed by atoms with Crippen molar-refractivity contribution >= 4 is 0 Å². The fourth-order valence-electron chi connectivity index (χ4n) is 1.21. The first-order chi connectivity index (χ1) is 6.00. The lowest BCUT2D eigenvalue weighted by Crippen LogP contribution is -2.06. The Morgan fingerprint density at radius 3 is 2.62 bits per heavy atom. The molecule has 1 aromatic rings. The number of phenolic OH excluding ortho intramolecular Hbond substituents is 1. The van der Waals surface area contributed by atoms with E-state index in [0.717, 1.165) is 6.07 Å². The van der Waals surface area contributed by atoms with Crippen molar-refractivity contribution < 1.29 is 14.6 Å². The van der Waals surface area contributed by atoms with Crippen LogP contribution in [0.4, 0.5) is 4.39 Å². The van der Waals surface area contributed by atoms with Gasteiger partial charge in [0, 0.05) is 12.5 Å². The number of aryl methyl sites for hydroxylation is 1. The van der Waals surface area contributed by atoms with E-state index in [1.165, 1.54) is 0 Å². The van der Waals surface area contributed by atoms with E-state index >= 15 is 0 Å². The molecule has 1 aromatic carbocycles. The molecule has 1 atom stereocenters. The molecule has 0 aliphatic heterocycles. The second kappa shape index (κ2) is 3.75. The molecular weight excluding hydrogens is 171 g/mol. The van der Waals surface area contributed by atoms with Crippen LogP contribution >= 0.6 is 0 Å². The Hall–Kier alpha value is -1.09. The molecule has 0 bridgehead atoms. The van der Waals surface area contributed by atoms with Crippen LogP contribution in [0.5, 0.6) is 5.75 Å². The van der Waals surface area contributed by atoms with E-state index < -0.39 is 11.9 Å². The van der Waals surface area contributed by atoms with Crippen molar-refractivity contribution in [3.8, 4) is 5.75 Å². The summed E-state index contributed by atoms with van der Waals surface area (Å²) in [6.07, 6.45) is -0.300. The molecule has 0 saturated carbocycles. The van der Waals surface area contributed by atoms with Crippen LogP contribution in [0.3, 0.4) is 0 Å². The zero-order valence-electron chi connectivity index (χ0n) is 7.71. The van der Waals surface area contributed by atoms with Crippen LogP contribution < -0.4 is 0 Å². The zero-order chi connectivity index (χ0) is 10.0. The van der Waals surface area contributed by atoms with Crippen LogP contribution in [0.25, 0.3) is 0 Å². The summed E-state index contributed by atoms with van der Waals surface area (Å²) in [5.74, 6) is -0.518. The molecule has 1 rings (SSSR count). The number of hydrogen-bond acceptors (Lipinski definition) is 2. The molecule has 0 aromatic heterocycles. The predicted molar refractivity (Wildman–Crippen MR) is 48.2 cm³/mol. The van der Waals surface area contributed by atoms with Crippen LogP contribution in [0.1, 0.15) is 18.1 Å². The first-order valence-electron chi connectivity index (χ1n) is 4.16. The van der Waals surface area contributed by atoms with Crippen molar-refractivity contribution in [2.45, 2.75) is 26.4 Å². The molecule has 72 valence electrons. The van der Waals surface area contributed by atoms with Gasteiger partial charge < -0.3 is 10.2 Å². The number of phenols is 1. The van der Waals surface area contributed by atoms with Gasteiger partial charge in [-0.3, -0.25) is 0 Å². The third-order valence-electron chi connectivity index (χ3n) is 1.88. The highest BCUT2D eigenvalue weighted by atomic mass is 19.1. The maximum atomic E-state index is 13.1. The van der Waals surface area contributed by atoms with Gasteiger partial charge in [-0.2, -0.15) is 0 Å². The second-order valence-corrected chi connectivity index (χ2v) is 3.28. The minimum Gasteiger partial charge on any atom is -0.508 e. The predicted octanol–water partition coefficient (Wildman–Crippen LogP) is 1.76. The van der Waals surface area contributed by atoms with Crippen molar-refractivity contribution in [1.82, 2.24) is 0 Å². The second-order valence-electron chi connectivity index (χ2n) is 3.28. The number of aliphatic hydroxyl groups is 1. The molecule has 13 heavy (non-hydrogen) atoms. The van der Waals surface area contributed by atoms with Crippen molar-refractivity contribution in [2.24, 2.45) is 0 Å². The van der Waals surface area contributed by atoms with Gasteiger partial charge in [0.05, 0.1) is 6.10 Å². The number of hydrogen-bond donors (Lipinski definition) is 2. The number of benzene rings is 1. The molecule has 2 N–H and O–H groups in total. The monoisotopic (exact) mass is 184 g/mol. The first-order valence-corrected chi connectivity index (χ1v) is 4.16. The van der Waals surface area contributed by atoms with Crippen molar-refractivity contribution in [1.29, 1.82) is 0 Å². The lowest BCUT2D eigenvalue weighted by atomic mass is 10.0. The Morgan fingerprint density at radius 1 is 1.46 bits per heavy atom. The molecule has 2 nitrogen and oxygen atoms in total. The van der Waals surface area contributed by atoms with Crippen LogP contribution in [-0.4, -0.2) is 16.3 Å². The molecule has 0 fully saturated rings. The normalized spacial score (nSPS) is 12.9. The van der Waals surface area contributed by atoms with Gasteiger partial charge >= 0.3 is 0 Å². The highest BCUT2D eigenvalue weighted by Gasteiger charge is 2.08. The maximum Gasteiger partial charge on any atom is 0.130 e. The summed E-state index contributed by atoms with van der Waals surface area (Å²) < 4.78 is 13.1. The van der Waals surface area contributed by atoms with Crippen molar-refractivity contribution in [2.75, 3.05) is 0 Å². The van der Waals surface area contributed by atoms with E-state index in [4.69, 9.17) is 10.2 Å². The summed E-state index contributed by atoms with van der Waals surface area (Å²) in [5.41, 5.74) is 1.06. The average molecular weight is 184 g/mol. The number of aliphatic hydroxyl groups excluding tert-OH is 1. The SMILES string of the molecule is Cc1cc(CC(C)O)c(F)cc1O. The molecule has 1 unspecified atom stereocenters. The van der Waals surface area contributed by atoms with Crippen LogP contribution in [-0.2, 0) is 6.42 Å². The molecular formula is C10H13FO2. The Balaban J connectivity index is 3.01. The molecule has 0 heterocycles. The van der Waals surface area contributed by atoms with Crippen LogP contribution in [0.15, 0.2) is 12.1 Å². The minimum atomic E-state index is -0.571. The Bertz CT molecular complexity index is 308. The molecule has 0 saturated heterocycles. The quantitative estimate of drug-likeness (QED) is 0.735. The molecule has 0 spiro atoms. The van der Waals surface area contributed by atoms with E-state index in [2.05, 4.69) is 0 Å². The number of aromatic hydroxyl groups is 1. The Labute approximate surface area is 76.6 Å². The van der Waals surface area contributed by atoms with Crippen molar-refractivity contribution in [3.05, 3.63) is 29.1 Å². The summed E-state index contributed by atoms with van der Waals surface area (Å²) >= 11 is 0. The Kier molecular flexibility index (Phi) is 2.88. The molecule has 3 heteroatoms. The summed E-state index contributed by atoms with van der Waals surface area (Å²) in [6.45, 7) is 3.29. The summed E-state index contributed by atoms with van der Waals surface area (Å²) in [7, 11) is 0. The first kappa shape index (κ1) is 9.99. The van der Waals surface area contributed by atoms with Crippen molar-refractivity contribution in [3.63, 3.8) is 0 Å². The van der Waals surface area contributed by atoms with Gasteiger partial charge in [-0.25, -0.2) is 4.39 Å². The number of halogens is 1. The smallest absolute Gasteiger partial charge is 0.130 e. The molecule has 0 aliphatic carbocycles. The van der Waals surface area contributed by atoms with Gasteiger partial charge in [-0.15, -0.1) is 0 Å². The minimum absolute atomic E-state index is 0.0492. The largest absolute Gasteiger partial charge is 0.508 e. The molecule has 0 aliphatic rings. The summed E-state index contributed by atoms with van der Waals surface area (Å²) in [4.78, 5) is 0. The van der Waals surface area contributed by atoms with E-state index in [1.807, 2.05) is 0 Å². The summed E-state index contributed by atoms with van der Waals surface area (Å²) in [5, 5.41) is 18.2. The molecule has 0 radical (unpaired) electrons. The van der Waals surface area contributed by atoms with Gasteiger partial charge in [0.2, 0.25) is 0 Å². The van der Waals surface area contributed by atoms with E-state index in [1.54, 1.807) is 19.9 Å². The van der Waals surface area contributed by atoms with E-state index in [-0.39, 0.29) is 12.2 Å². The third kappa shape index (κ3) is 2.42. The standard InChI is InChI=1S/C10H13FO2/c1-6-3-8(4-7(2)12)9(11)5-10(6)13/h3,5,7,12-13H,4H2,1-2H3. The lowest BCUT2D eigenvalue weighted by molar-refractivity contribution is 0.194.